The van der Waals surface area contributed by atoms with Crippen LogP contribution in [0.4, 0.5) is 11.8 Å². The summed E-state index contributed by atoms with van der Waals surface area (Å²) in [5, 5.41) is 27.3. The summed E-state index contributed by atoms with van der Waals surface area (Å²) >= 11 is 5.20. The molecule has 3 aliphatic heterocycles. The first-order chi connectivity index (χ1) is 21.3. The Kier molecular flexibility index (Phi) is 9.54. The van der Waals surface area contributed by atoms with Gasteiger partial charge in [-0.05, 0) is 0 Å². The minimum absolute atomic E-state index is 0. The van der Waals surface area contributed by atoms with Gasteiger partial charge >= 0.3 is 0 Å². The number of aromatic amines is 1. The van der Waals surface area contributed by atoms with E-state index in [0.717, 1.165) is 6.33 Å². The third kappa shape index (κ3) is 6.28. The molecule has 0 aromatic carbocycles. The molecule has 3 fully saturated rings. The van der Waals surface area contributed by atoms with Crippen LogP contribution in [0.15, 0.2) is 23.8 Å². The van der Waals surface area contributed by atoms with E-state index in [9.17, 15) is 29.4 Å². The molecule has 0 spiro atoms. The summed E-state index contributed by atoms with van der Waals surface area (Å²) in [6.45, 7) is -5.48. The number of fused-ring (bicyclic) bond motifs is 4. The van der Waals surface area contributed by atoms with Gasteiger partial charge in [0, 0.05) is 0 Å². The fraction of sp³-hybridized carbons (Fsp3) is 0.500. The number of aromatic nitrogens is 8. The van der Waals surface area contributed by atoms with E-state index in [1.165, 1.54) is 21.8 Å². The zero-order valence-corrected chi connectivity index (χ0v) is 27.1. The Morgan fingerprint density at radius 1 is 0.894 bits per heavy atom. The molecule has 3 aliphatic rings. The minimum atomic E-state index is -4.99. The van der Waals surface area contributed by atoms with E-state index in [1.807, 2.05) is 0 Å². The van der Waals surface area contributed by atoms with Crippen molar-refractivity contribution < 1.29 is 43.1 Å². The highest BCUT2D eigenvalue weighted by Crippen LogP contribution is 2.45. The molecule has 7 heterocycles. The molecule has 4 aromatic rings. The Bertz CT molecular complexity index is 1940. The molecule has 17 N–H and O–H groups in total. The second-order valence-corrected chi connectivity index (χ2v) is 14.8. The van der Waals surface area contributed by atoms with Crippen molar-refractivity contribution in [3.05, 3.63) is 29.3 Å². The van der Waals surface area contributed by atoms with Gasteiger partial charge in [0.2, 0.25) is 13.7 Å². The molecule has 258 valence electrons. The first-order valence-electron chi connectivity index (χ1n) is 13.1. The maximum absolute atomic E-state index is 13.5. The van der Waals surface area contributed by atoms with Crippen molar-refractivity contribution in [2.45, 2.75) is 49.0 Å². The van der Waals surface area contributed by atoms with Crippen LogP contribution in [-0.4, -0.2) is 99.0 Å². The average Bonchev–Trinajstić information content (AvgIpc) is 3.72. The smallest absolute Gasteiger partial charge is 0.280 e. The molecule has 0 amide bonds. The number of ether oxygens (including phenoxy) is 2. The molecule has 7 rings (SSSR count). The summed E-state index contributed by atoms with van der Waals surface area (Å²) in [6.07, 6.45) is -4.60. The van der Waals surface area contributed by atoms with Gasteiger partial charge in [-0.25, -0.2) is 25.0 Å². The number of rotatable bonds is 2. The summed E-state index contributed by atoms with van der Waals surface area (Å²) in [7, 11) is -4.99. The average molecular weight is 723 g/mol. The monoisotopic (exact) mass is 722 g/mol. The van der Waals surface area contributed by atoms with Gasteiger partial charge < -0.3 is 62.3 Å². The first kappa shape index (κ1) is 35.2. The zero-order valence-electron chi connectivity index (χ0n) is 24.5. The largest absolute Gasteiger partial charge is 0.789 e. The number of aliphatic hydroxyl groups is 2. The standard InChI is InChI=1S/C20H26N12O10P2S.2H3N/c21-14-10-15(24-3-23-14)31(4-25-10)18-13(34)9-6(41-18)1-39-43(36,37)29-8-7(2-40-44(38,45)30-9)42-19(12(8)33)32-5-26-11-16(32)27-20(22)28-17(11)35;;/h3-9,12-13,18-19,33-34H,1-2H2,(H2,21,23,24)(H2,29,36,37)(H2,30,38,45)(H3,22,27,28,35);2*1H3/t6-,7-,8-,9-,12-,13-,18-,19-,44?;;/m1../s1. The second kappa shape index (κ2) is 12.7. The topological polar surface area (TPSA) is 397 Å². The molecule has 27 heteroatoms. The lowest BCUT2D eigenvalue weighted by atomic mass is 10.1. The van der Waals surface area contributed by atoms with Gasteiger partial charge in [0.25, 0.3) is 5.56 Å². The zero-order chi connectivity index (χ0) is 31.8. The lowest BCUT2D eigenvalue weighted by molar-refractivity contribution is -0.207. The van der Waals surface area contributed by atoms with Crippen LogP contribution in [0.2, 0.25) is 0 Å². The van der Waals surface area contributed by atoms with Gasteiger partial charge in [-0.1, -0.05) is 11.8 Å². The number of nitrogens with two attached hydrogens (primary N) is 2. The van der Waals surface area contributed by atoms with Crippen molar-refractivity contribution in [3.63, 3.8) is 0 Å². The predicted octanol–water partition coefficient (Wildman–Crippen LogP) is -3.59. The van der Waals surface area contributed by atoms with E-state index in [4.69, 9.17) is 41.8 Å². The van der Waals surface area contributed by atoms with Crippen molar-refractivity contribution in [1.29, 1.82) is 0 Å². The summed E-state index contributed by atoms with van der Waals surface area (Å²) in [6, 6.07) is -2.69. The molecule has 24 nitrogen and oxygen atoms in total. The van der Waals surface area contributed by atoms with Crippen molar-refractivity contribution in [2.24, 2.45) is 0 Å². The van der Waals surface area contributed by atoms with Gasteiger partial charge in [0.1, 0.15) is 36.3 Å². The Morgan fingerprint density at radius 3 is 2.13 bits per heavy atom. The maximum atomic E-state index is 13.5. The van der Waals surface area contributed by atoms with Crippen LogP contribution >= 0.6 is 14.4 Å². The summed E-state index contributed by atoms with van der Waals surface area (Å²) < 4.78 is 38.2. The number of hydrogen-bond donors (Lipinski definition) is 9. The number of H-pyrrole nitrogens is 1. The number of aliphatic hydroxyl groups excluding tert-OH is 2. The van der Waals surface area contributed by atoms with Gasteiger partial charge in [-0.15, -0.1) is 0 Å². The van der Waals surface area contributed by atoms with Crippen LogP contribution in [-0.2, 0) is 34.9 Å². The highest BCUT2D eigenvalue weighted by Gasteiger charge is 2.50. The number of nitrogen functional groups attached to an aromatic ring is 2. The third-order valence-corrected chi connectivity index (χ3v) is 10.4. The van der Waals surface area contributed by atoms with Crippen LogP contribution in [0.3, 0.4) is 0 Å². The molecule has 0 radical (unpaired) electrons. The van der Waals surface area contributed by atoms with Crippen molar-refractivity contribution in [3.8, 4) is 0 Å². The molecule has 2 unspecified atom stereocenters. The first-order valence-corrected chi connectivity index (χ1v) is 17.3. The van der Waals surface area contributed by atoms with Crippen molar-refractivity contribution >= 4 is 60.3 Å². The van der Waals surface area contributed by atoms with Crippen LogP contribution in [0.25, 0.3) is 22.3 Å². The maximum Gasteiger partial charge on any atom is 0.280 e. The van der Waals surface area contributed by atoms with E-state index in [2.05, 4.69) is 40.1 Å². The number of imidazole rings is 2. The van der Waals surface area contributed by atoms with Gasteiger partial charge in [-0.3, -0.25) is 28.6 Å². The van der Waals surface area contributed by atoms with E-state index in [1.54, 1.807) is 0 Å². The quantitative estimate of drug-likeness (QED) is 0.0902. The highest BCUT2D eigenvalue weighted by molar-refractivity contribution is 8.07. The van der Waals surface area contributed by atoms with Crippen LogP contribution in [0.5, 0.6) is 0 Å². The second-order valence-electron chi connectivity index (χ2n) is 10.4. The molecular formula is C20H32N14O10P2S. The molecule has 0 saturated carbocycles. The molecule has 0 aliphatic carbocycles. The van der Waals surface area contributed by atoms with Crippen LogP contribution < -0.4 is 49.3 Å². The number of quaternary nitrogens is 2. The Hall–Kier alpha value is -3.10. The Labute approximate surface area is 267 Å². The minimum Gasteiger partial charge on any atom is -0.789 e. The van der Waals surface area contributed by atoms with Gasteiger partial charge in [-0.2, -0.15) is 4.98 Å². The molecular weight excluding hydrogens is 690 g/mol. The SMILES string of the molecule is Nc1nc2c(ncn2[C@@H]2O[C@@H]3COP([O-])(=S)N[C@H]4[C@@H](O)[C@H](n5cnc6c(N)ncnc65)O[C@@H]4COP(=O)([O-])N[C@H]3[C@H]2O)c(=O)[nH]1.[NH4+].[NH4+]. The van der Waals surface area contributed by atoms with Gasteiger partial charge in [0.05, 0.1) is 44.6 Å². The molecule has 3 saturated heterocycles. The van der Waals surface area contributed by atoms with Crippen molar-refractivity contribution in [2.75, 3.05) is 24.7 Å². The normalized spacial score (nSPS) is 36.1. The fourth-order valence-electron chi connectivity index (χ4n) is 5.52. The lowest BCUT2D eigenvalue weighted by Gasteiger charge is -2.38. The Balaban J connectivity index is 0.00000217. The fourth-order valence-corrected chi connectivity index (χ4v) is 8.27. The van der Waals surface area contributed by atoms with Crippen LogP contribution in [0, 0.1) is 0 Å². The summed E-state index contributed by atoms with van der Waals surface area (Å²) in [4.78, 5) is 61.2. The van der Waals surface area contributed by atoms with E-state index >= 15 is 0 Å². The van der Waals surface area contributed by atoms with E-state index in [-0.39, 0.29) is 46.4 Å². The number of anilines is 2. The lowest BCUT2D eigenvalue weighted by Crippen LogP contribution is -2.50. The third-order valence-electron chi connectivity index (χ3n) is 7.57. The van der Waals surface area contributed by atoms with Crippen molar-refractivity contribution in [1.82, 2.24) is 61.5 Å². The van der Waals surface area contributed by atoms with Gasteiger partial charge in [0.15, 0.2) is 35.1 Å². The van der Waals surface area contributed by atoms with E-state index < -0.39 is 82.1 Å². The molecule has 10 atom stereocenters. The molecule has 4 aromatic heterocycles. The molecule has 47 heavy (non-hydrogen) atoms. The highest BCUT2D eigenvalue weighted by atomic mass is 32.5. The predicted molar refractivity (Wildman–Crippen MR) is 162 cm³/mol. The Morgan fingerprint density at radius 2 is 1.47 bits per heavy atom. The number of nitrogens with one attached hydrogen (secondary N) is 3. The summed E-state index contributed by atoms with van der Waals surface area (Å²) in [5.41, 5.74) is 11.1. The molecule has 0 bridgehead atoms. The number of nitrogens with zero attached hydrogens (tertiary/aromatic N) is 7. The van der Waals surface area contributed by atoms with Crippen LogP contribution in [0.1, 0.15) is 12.5 Å². The number of hydrogen-bond acceptors (Lipinski definition) is 18. The van der Waals surface area contributed by atoms with E-state index in [0.29, 0.717) is 0 Å². The summed E-state index contributed by atoms with van der Waals surface area (Å²) in [5.74, 6) is -0.158.